The molecule has 0 aliphatic carbocycles. The van der Waals surface area contributed by atoms with E-state index in [2.05, 4.69) is 61.5 Å². The van der Waals surface area contributed by atoms with Gasteiger partial charge in [0.15, 0.2) is 0 Å². The van der Waals surface area contributed by atoms with Gasteiger partial charge in [-0.25, -0.2) is 0 Å². The van der Waals surface area contributed by atoms with Crippen molar-refractivity contribution in [1.29, 1.82) is 0 Å². The first kappa shape index (κ1) is 33.6. The van der Waals surface area contributed by atoms with Gasteiger partial charge in [-0.2, -0.15) is 0 Å². The van der Waals surface area contributed by atoms with E-state index >= 15 is 0 Å². The molecule has 0 saturated carbocycles. The molecule has 3 heteroatoms. The second kappa shape index (κ2) is 25.0. The standard InChI is InChI=1S/C24H34.C4H10O.2Na.2H/c1-2-3-4-5-6-7-8-9-10-12-17-23-20-15-16-21-24(23)22-18-13-11-14-19-22;1-3-5-4-2;;;;/h11,13-16,18-21H,2-10,12,17H2,1H3;3-4H2,1-2H3;;;;. The first-order valence-electron chi connectivity index (χ1n) is 12.0. The molecule has 0 aliphatic rings. The Balaban J connectivity index is 0. The molecule has 2 aromatic carbocycles. The molecule has 0 N–H and O–H groups in total. The van der Waals surface area contributed by atoms with Gasteiger partial charge in [0, 0.05) is 13.2 Å². The van der Waals surface area contributed by atoms with Crippen LogP contribution in [0.1, 0.15) is 90.5 Å². The van der Waals surface area contributed by atoms with Crippen molar-refractivity contribution in [3.8, 4) is 11.1 Å². The molecule has 1 nitrogen and oxygen atoms in total. The van der Waals surface area contributed by atoms with Gasteiger partial charge in [-0.05, 0) is 43.4 Å². The van der Waals surface area contributed by atoms with Crippen LogP contribution in [0.3, 0.4) is 0 Å². The summed E-state index contributed by atoms with van der Waals surface area (Å²) in [5, 5.41) is 0. The summed E-state index contributed by atoms with van der Waals surface area (Å²) in [6.45, 7) is 7.95. The number of benzene rings is 2. The molecule has 166 valence electrons. The first-order chi connectivity index (χ1) is 14.3. The molecule has 2 aromatic rings. The van der Waals surface area contributed by atoms with Gasteiger partial charge in [-0.3, -0.25) is 0 Å². The summed E-state index contributed by atoms with van der Waals surface area (Å²) in [4.78, 5) is 0. The van der Waals surface area contributed by atoms with Gasteiger partial charge in [0.05, 0.1) is 0 Å². The molecule has 2 rings (SSSR count). The zero-order valence-corrected chi connectivity index (χ0v) is 19.3. The molecule has 0 heterocycles. The second-order valence-electron chi connectivity index (χ2n) is 7.74. The van der Waals surface area contributed by atoms with Gasteiger partial charge < -0.3 is 4.74 Å². The number of ether oxygens (including phenoxy) is 1. The van der Waals surface area contributed by atoms with Crippen LogP contribution in [-0.4, -0.2) is 72.3 Å². The fourth-order valence-corrected chi connectivity index (χ4v) is 3.64. The van der Waals surface area contributed by atoms with Crippen molar-refractivity contribution >= 4 is 59.1 Å². The maximum atomic E-state index is 4.83. The summed E-state index contributed by atoms with van der Waals surface area (Å²) in [6.07, 6.45) is 15.3. The van der Waals surface area contributed by atoms with Gasteiger partial charge in [0.25, 0.3) is 0 Å². The van der Waals surface area contributed by atoms with Crippen LogP contribution in [0.4, 0.5) is 0 Å². The molecule has 0 saturated heterocycles. The molecule has 0 aliphatic heterocycles. The summed E-state index contributed by atoms with van der Waals surface area (Å²) >= 11 is 0. The third-order valence-electron chi connectivity index (χ3n) is 5.31. The Bertz CT molecular complexity index is 599. The summed E-state index contributed by atoms with van der Waals surface area (Å²) in [5.74, 6) is 0. The SMILES string of the molecule is CCCCCCCCCCCCc1ccccc1-c1ccccc1.CCOCC.[NaH].[NaH]. The first-order valence-corrected chi connectivity index (χ1v) is 12.0. The van der Waals surface area contributed by atoms with Gasteiger partial charge in [0.2, 0.25) is 0 Å². The van der Waals surface area contributed by atoms with E-state index in [-0.39, 0.29) is 59.1 Å². The molecule has 31 heavy (non-hydrogen) atoms. The molecule has 0 fully saturated rings. The van der Waals surface area contributed by atoms with Crippen molar-refractivity contribution < 1.29 is 4.74 Å². The van der Waals surface area contributed by atoms with Crippen LogP contribution in [0.25, 0.3) is 11.1 Å². The Morgan fingerprint density at radius 2 is 1.03 bits per heavy atom. The predicted molar refractivity (Wildman–Crippen MR) is 144 cm³/mol. The van der Waals surface area contributed by atoms with Crippen molar-refractivity contribution in [3.63, 3.8) is 0 Å². The van der Waals surface area contributed by atoms with Gasteiger partial charge in [-0.1, -0.05) is 119 Å². The average Bonchev–Trinajstić information content (AvgIpc) is 2.77. The van der Waals surface area contributed by atoms with E-state index in [9.17, 15) is 0 Å². The monoisotopic (exact) mass is 444 g/mol. The minimum absolute atomic E-state index is 0. The Morgan fingerprint density at radius 3 is 1.55 bits per heavy atom. The normalized spacial score (nSPS) is 9.77. The number of hydrogen-bond donors (Lipinski definition) is 0. The van der Waals surface area contributed by atoms with Crippen LogP contribution in [0.5, 0.6) is 0 Å². The molecule has 0 unspecified atom stereocenters. The van der Waals surface area contributed by atoms with Crippen molar-refractivity contribution in [1.82, 2.24) is 0 Å². The molecular weight excluding hydrogens is 398 g/mol. The van der Waals surface area contributed by atoms with Crippen molar-refractivity contribution in [2.24, 2.45) is 0 Å². The van der Waals surface area contributed by atoms with Crippen LogP contribution in [-0.2, 0) is 11.2 Å². The van der Waals surface area contributed by atoms with E-state index in [4.69, 9.17) is 4.74 Å². The summed E-state index contributed by atoms with van der Waals surface area (Å²) in [6, 6.07) is 19.7. The average molecular weight is 445 g/mol. The number of rotatable bonds is 14. The summed E-state index contributed by atoms with van der Waals surface area (Å²) in [5.41, 5.74) is 4.26. The second-order valence-corrected chi connectivity index (χ2v) is 7.74. The molecule has 0 spiro atoms. The molecular formula is C28H46Na2O. The molecule has 0 bridgehead atoms. The third-order valence-corrected chi connectivity index (χ3v) is 5.31. The predicted octanol–water partition coefficient (Wildman–Crippen LogP) is 7.56. The zero-order chi connectivity index (χ0) is 21.0. The molecule has 0 atom stereocenters. The molecule has 0 aromatic heterocycles. The van der Waals surface area contributed by atoms with Gasteiger partial charge in [0.1, 0.15) is 0 Å². The van der Waals surface area contributed by atoms with Crippen LogP contribution >= 0.6 is 0 Å². The maximum absolute atomic E-state index is 4.83. The number of aryl methyl sites for hydroxylation is 1. The van der Waals surface area contributed by atoms with Crippen LogP contribution in [0.15, 0.2) is 54.6 Å². The van der Waals surface area contributed by atoms with Crippen molar-refractivity contribution in [2.75, 3.05) is 13.2 Å². The third kappa shape index (κ3) is 17.5. The van der Waals surface area contributed by atoms with Crippen molar-refractivity contribution in [3.05, 3.63) is 60.2 Å². The van der Waals surface area contributed by atoms with E-state index in [0.717, 1.165) is 13.2 Å². The molecule has 0 amide bonds. The van der Waals surface area contributed by atoms with Crippen LogP contribution < -0.4 is 0 Å². The van der Waals surface area contributed by atoms with E-state index < -0.39 is 0 Å². The van der Waals surface area contributed by atoms with E-state index in [1.807, 2.05) is 13.8 Å². The fourth-order valence-electron chi connectivity index (χ4n) is 3.64. The van der Waals surface area contributed by atoms with Gasteiger partial charge in [-0.15, -0.1) is 0 Å². The summed E-state index contributed by atoms with van der Waals surface area (Å²) < 4.78 is 4.83. The molecule has 0 radical (unpaired) electrons. The van der Waals surface area contributed by atoms with E-state index in [1.165, 1.54) is 87.3 Å². The van der Waals surface area contributed by atoms with E-state index in [1.54, 1.807) is 0 Å². The van der Waals surface area contributed by atoms with Crippen LogP contribution in [0, 0.1) is 0 Å². The minimum atomic E-state index is 0. The topological polar surface area (TPSA) is 9.23 Å². The quantitative estimate of drug-likeness (QED) is 0.216. The summed E-state index contributed by atoms with van der Waals surface area (Å²) in [7, 11) is 0. The Morgan fingerprint density at radius 1 is 0.548 bits per heavy atom. The fraction of sp³-hybridized carbons (Fsp3) is 0.571. The Labute approximate surface area is 237 Å². The zero-order valence-electron chi connectivity index (χ0n) is 19.3. The Hall–Kier alpha value is 0.400. The number of hydrogen-bond acceptors (Lipinski definition) is 1. The van der Waals surface area contributed by atoms with Crippen molar-refractivity contribution in [2.45, 2.75) is 91.4 Å². The van der Waals surface area contributed by atoms with Crippen LogP contribution in [0.2, 0.25) is 0 Å². The Kier molecular flexibility index (Phi) is 27.1. The number of unbranched alkanes of at least 4 members (excludes halogenated alkanes) is 9. The van der Waals surface area contributed by atoms with Gasteiger partial charge >= 0.3 is 59.1 Å². The van der Waals surface area contributed by atoms with E-state index in [0.29, 0.717) is 0 Å².